The maximum atomic E-state index is 13.5. The van der Waals surface area contributed by atoms with Gasteiger partial charge in [0.25, 0.3) is 0 Å². The summed E-state index contributed by atoms with van der Waals surface area (Å²) < 4.78 is 0.872. The summed E-state index contributed by atoms with van der Waals surface area (Å²) in [6.07, 6.45) is 1.92. The SMILES string of the molecule is CC12CCC(C(=O)Nc3cc(Cl)cc(Cl)c3)(C/C1=N/OC(=O)c1ccc(Br)cc1)C2(C)C. The molecule has 0 aliphatic heterocycles. The Kier molecular flexibility index (Phi) is 5.93. The van der Waals surface area contributed by atoms with Crippen LogP contribution in [0, 0.1) is 16.2 Å². The fraction of sp³-hybridized carbons (Fsp3) is 0.375. The molecule has 32 heavy (non-hydrogen) atoms. The molecule has 2 aliphatic rings. The highest BCUT2D eigenvalue weighted by Crippen LogP contribution is 2.71. The molecule has 2 atom stereocenters. The number of hydrogen-bond donors (Lipinski definition) is 1. The van der Waals surface area contributed by atoms with Crippen LogP contribution in [0.3, 0.4) is 0 Å². The van der Waals surface area contributed by atoms with E-state index in [1.807, 2.05) is 0 Å². The number of oxime groups is 1. The van der Waals surface area contributed by atoms with Crippen LogP contribution in [0.15, 0.2) is 52.1 Å². The van der Waals surface area contributed by atoms with Gasteiger partial charge >= 0.3 is 5.97 Å². The minimum atomic E-state index is -0.681. The maximum Gasteiger partial charge on any atom is 0.365 e. The van der Waals surface area contributed by atoms with Crippen molar-refractivity contribution in [3.05, 3.63) is 62.5 Å². The highest BCUT2D eigenvalue weighted by Gasteiger charge is 2.71. The van der Waals surface area contributed by atoms with E-state index in [1.165, 1.54) is 0 Å². The molecule has 8 heteroatoms. The van der Waals surface area contributed by atoms with E-state index in [-0.39, 0.29) is 11.3 Å². The van der Waals surface area contributed by atoms with Crippen molar-refractivity contribution in [1.82, 2.24) is 0 Å². The van der Waals surface area contributed by atoms with Crippen LogP contribution in [0.25, 0.3) is 0 Å². The van der Waals surface area contributed by atoms with E-state index in [0.717, 1.165) is 23.0 Å². The van der Waals surface area contributed by atoms with Crippen LogP contribution < -0.4 is 5.32 Å². The molecule has 0 spiro atoms. The van der Waals surface area contributed by atoms with E-state index in [2.05, 4.69) is 47.2 Å². The molecule has 2 aromatic rings. The number of carbonyl (C=O) groups excluding carboxylic acids is 2. The molecule has 2 unspecified atom stereocenters. The molecule has 2 fully saturated rings. The zero-order chi connectivity index (χ0) is 23.3. The third kappa shape index (κ3) is 3.66. The quantitative estimate of drug-likeness (QED) is 0.333. The topological polar surface area (TPSA) is 67.8 Å². The van der Waals surface area contributed by atoms with Crippen LogP contribution in [0.1, 0.15) is 50.4 Å². The van der Waals surface area contributed by atoms with Gasteiger partial charge in [-0.1, -0.05) is 65.1 Å². The second-order valence-corrected chi connectivity index (χ2v) is 11.0. The third-order valence-electron chi connectivity index (χ3n) is 7.61. The number of fused-ring (bicyclic) bond motifs is 2. The van der Waals surface area contributed by atoms with Crippen molar-refractivity contribution in [2.75, 3.05) is 5.32 Å². The second kappa shape index (κ2) is 8.15. The van der Waals surface area contributed by atoms with E-state index in [1.54, 1.807) is 42.5 Å². The minimum Gasteiger partial charge on any atom is -0.325 e. The number of nitrogens with one attached hydrogen (secondary N) is 1. The zero-order valence-electron chi connectivity index (χ0n) is 18.0. The standard InChI is InChI=1S/C24H23BrCl2N2O3/c1-22(2)23(3)8-9-24(22,21(31)28-18-11-16(26)10-17(27)12-18)13-19(23)29-32-20(30)14-4-6-15(25)7-5-14/h4-7,10-12H,8-9,13H2,1-3H3,(H,28,31)/b29-19-. The molecule has 2 aliphatic carbocycles. The van der Waals surface area contributed by atoms with Crippen molar-refractivity contribution in [3.63, 3.8) is 0 Å². The summed E-state index contributed by atoms with van der Waals surface area (Å²) in [5, 5.41) is 8.17. The molecule has 1 N–H and O–H groups in total. The van der Waals surface area contributed by atoms with Gasteiger partial charge < -0.3 is 10.2 Å². The van der Waals surface area contributed by atoms with Gasteiger partial charge in [-0.25, -0.2) is 4.79 Å². The van der Waals surface area contributed by atoms with Gasteiger partial charge in [0.05, 0.1) is 16.7 Å². The molecule has 2 aromatic carbocycles. The first-order valence-electron chi connectivity index (χ1n) is 10.3. The van der Waals surface area contributed by atoms with E-state index >= 15 is 0 Å². The lowest BCUT2D eigenvalue weighted by Crippen LogP contribution is -2.43. The minimum absolute atomic E-state index is 0.103. The van der Waals surface area contributed by atoms with Gasteiger partial charge in [-0.2, -0.15) is 0 Å². The largest absolute Gasteiger partial charge is 0.365 e. The molecule has 0 heterocycles. The zero-order valence-corrected chi connectivity index (χ0v) is 21.1. The molecule has 2 bridgehead atoms. The molecule has 5 nitrogen and oxygen atoms in total. The third-order valence-corrected chi connectivity index (χ3v) is 8.57. The molecule has 4 rings (SSSR count). The van der Waals surface area contributed by atoms with Crippen LogP contribution in [-0.2, 0) is 9.63 Å². The number of halogens is 3. The molecule has 0 aromatic heterocycles. The van der Waals surface area contributed by atoms with E-state index < -0.39 is 16.8 Å². The maximum absolute atomic E-state index is 13.5. The number of amides is 1. The lowest BCUT2D eigenvalue weighted by Gasteiger charge is -2.39. The highest BCUT2D eigenvalue weighted by molar-refractivity contribution is 9.10. The first-order chi connectivity index (χ1) is 15.0. The second-order valence-electron chi connectivity index (χ2n) is 9.25. The number of benzene rings is 2. The molecule has 2 saturated carbocycles. The lowest BCUT2D eigenvalue weighted by molar-refractivity contribution is -0.130. The van der Waals surface area contributed by atoms with E-state index in [4.69, 9.17) is 28.0 Å². The van der Waals surface area contributed by atoms with Crippen LogP contribution in [0.2, 0.25) is 10.0 Å². The monoisotopic (exact) mass is 536 g/mol. The van der Waals surface area contributed by atoms with Gasteiger partial charge in [0.2, 0.25) is 5.91 Å². The van der Waals surface area contributed by atoms with Gasteiger partial charge in [0, 0.05) is 32.0 Å². The van der Waals surface area contributed by atoms with Gasteiger partial charge in [0.1, 0.15) is 0 Å². The van der Waals surface area contributed by atoms with Crippen LogP contribution in [0.5, 0.6) is 0 Å². The summed E-state index contributed by atoms with van der Waals surface area (Å²) in [6.45, 7) is 6.27. The molecule has 0 radical (unpaired) electrons. The predicted octanol–water partition coefficient (Wildman–Crippen LogP) is 7.12. The van der Waals surface area contributed by atoms with Gasteiger partial charge in [-0.3, -0.25) is 4.79 Å². The first kappa shape index (κ1) is 23.3. The summed E-state index contributed by atoms with van der Waals surface area (Å²) in [6, 6.07) is 11.8. The van der Waals surface area contributed by atoms with Crippen molar-refractivity contribution < 1.29 is 14.4 Å². The fourth-order valence-electron chi connectivity index (χ4n) is 5.13. The molecular formula is C24H23BrCl2N2O3. The number of anilines is 1. The number of nitrogens with zero attached hydrogens (tertiary/aromatic N) is 1. The molecular weight excluding hydrogens is 515 g/mol. The van der Waals surface area contributed by atoms with Gasteiger partial charge in [0.15, 0.2) is 0 Å². The van der Waals surface area contributed by atoms with Gasteiger partial charge in [-0.15, -0.1) is 0 Å². The van der Waals surface area contributed by atoms with Crippen molar-refractivity contribution in [2.24, 2.45) is 21.4 Å². The number of carbonyl (C=O) groups is 2. The summed E-state index contributed by atoms with van der Waals surface area (Å²) >= 11 is 15.5. The highest BCUT2D eigenvalue weighted by atomic mass is 79.9. The Labute approximate surface area is 205 Å². The Morgan fingerprint density at radius 2 is 1.66 bits per heavy atom. The Morgan fingerprint density at radius 3 is 2.28 bits per heavy atom. The Balaban J connectivity index is 1.59. The number of hydrogen-bond acceptors (Lipinski definition) is 4. The smallest absolute Gasteiger partial charge is 0.325 e. The predicted molar refractivity (Wildman–Crippen MR) is 130 cm³/mol. The molecule has 1 amide bonds. The van der Waals surface area contributed by atoms with Gasteiger partial charge in [-0.05, 0) is 60.7 Å². The summed E-state index contributed by atoms with van der Waals surface area (Å²) in [7, 11) is 0. The molecule has 0 saturated heterocycles. The van der Waals surface area contributed by atoms with Crippen LogP contribution in [-0.4, -0.2) is 17.6 Å². The summed E-state index contributed by atoms with van der Waals surface area (Å²) in [4.78, 5) is 31.3. The summed E-state index contributed by atoms with van der Waals surface area (Å²) in [5.41, 5.74) is 0.262. The van der Waals surface area contributed by atoms with E-state index in [9.17, 15) is 9.59 Å². The Hall–Kier alpha value is -1.89. The number of rotatable bonds is 4. The average molecular weight is 538 g/mol. The van der Waals surface area contributed by atoms with Crippen LogP contribution >= 0.6 is 39.1 Å². The average Bonchev–Trinajstić information content (AvgIpc) is 3.02. The lowest BCUT2D eigenvalue weighted by atomic mass is 9.64. The normalized spacial score (nSPS) is 26.9. The first-order valence-corrected chi connectivity index (χ1v) is 11.9. The Bertz CT molecular complexity index is 1110. The molecule has 168 valence electrons. The fourth-order valence-corrected chi connectivity index (χ4v) is 5.92. The summed E-state index contributed by atoms with van der Waals surface area (Å²) in [5.74, 6) is -0.629. The van der Waals surface area contributed by atoms with Crippen molar-refractivity contribution in [2.45, 2.75) is 40.0 Å². The van der Waals surface area contributed by atoms with Crippen molar-refractivity contribution in [3.8, 4) is 0 Å². The van der Waals surface area contributed by atoms with E-state index in [0.29, 0.717) is 27.7 Å². The van der Waals surface area contributed by atoms with Crippen molar-refractivity contribution >= 4 is 62.4 Å². The Morgan fingerprint density at radius 1 is 1.03 bits per heavy atom. The van der Waals surface area contributed by atoms with Crippen LogP contribution in [0.4, 0.5) is 5.69 Å². The van der Waals surface area contributed by atoms with Crippen molar-refractivity contribution in [1.29, 1.82) is 0 Å².